The molecule has 222 valence electrons. The molecule has 1 aliphatic rings. The number of imidazole rings is 1. The number of benzene rings is 2. The summed E-state index contributed by atoms with van der Waals surface area (Å²) in [5.74, 6) is 0.920. The monoisotopic (exact) mass is 582 g/mol. The Morgan fingerprint density at radius 1 is 1.19 bits per heavy atom. The van der Waals surface area contributed by atoms with E-state index in [1.807, 2.05) is 57.2 Å². The lowest BCUT2D eigenvalue weighted by Gasteiger charge is -2.45. The Hall–Kier alpha value is -4.99. The molecule has 2 aromatic carbocycles. The summed E-state index contributed by atoms with van der Waals surface area (Å²) in [6, 6.07) is 18.7. The molecule has 3 heterocycles. The Balaban J connectivity index is 1.34. The van der Waals surface area contributed by atoms with Crippen molar-refractivity contribution in [1.82, 2.24) is 29.3 Å². The molecule has 1 amide bonds. The SMILES string of the molecule is CCN(C1COC1)C(C)(C)C=C(C#N)C(=O)NCCn1c(=O)n(-c2ccc(Oc3ccccc3)cc2)c2c(N)ncnc21. The fourth-order valence-electron chi connectivity index (χ4n) is 5.33. The number of ether oxygens (including phenoxy) is 2. The smallest absolute Gasteiger partial charge is 0.335 e. The van der Waals surface area contributed by atoms with E-state index in [9.17, 15) is 14.9 Å². The van der Waals surface area contributed by atoms with Crippen LogP contribution in [0.5, 0.6) is 11.5 Å². The molecule has 12 heteroatoms. The van der Waals surface area contributed by atoms with Gasteiger partial charge in [0.05, 0.1) is 24.9 Å². The molecule has 5 rings (SSSR count). The number of nitrogens with zero attached hydrogens (tertiary/aromatic N) is 6. The lowest BCUT2D eigenvalue weighted by Crippen LogP contribution is -2.57. The summed E-state index contributed by atoms with van der Waals surface area (Å²) < 4.78 is 14.1. The summed E-state index contributed by atoms with van der Waals surface area (Å²) in [4.78, 5) is 37.3. The highest BCUT2D eigenvalue weighted by molar-refractivity contribution is 5.97. The van der Waals surface area contributed by atoms with Gasteiger partial charge in [-0.15, -0.1) is 0 Å². The Bertz CT molecular complexity index is 1730. The van der Waals surface area contributed by atoms with Crippen molar-refractivity contribution in [1.29, 1.82) is 5.26 Å². The fraction of sp³-hybridized carbons (Fsp3) is 0.323. The van der Waals surface area contributed by atoms with Crippen molar-refractivity contribution in [3.63, 3.8) is 0 Å². The van der Waals surface area contributed by atoms with Crippen molar-refractivity contribution in [2.75, 3.05) is 32.0 Å². The molecule has 4 aromatic rings. The van der Waals surface area contributed by atoms with Crippen LogP contribution in [0, 0.1) is 11.3 Å². The molecular weight excluding hydrogens is 548 g/mol. The first-order valence-corrected chi connectivity index (χ1v) is 14.0. The third-order valence-corrected chi connectivity index (χ3v) is 7.43. The number of nitrogen functional groups attached to an aromatic ring is 1. The number of nitrogens with two attached hydrogens (primary N) is 1. The van der Waals surface area contributed by atoms with E-state index in [2.05, 4.69) is 20.2 Å². The maximum absolute atomic E-state index is 13.7. The van der Waals surface area contributed by atoms with E-state index < -0.39 is 17.1 Å². The number of amides is 1. The van der Waals surface area contributed by atoms with Crippen LogP contribution >= 0.6 is 0 Å². The first-order valence-electron chi connectivity index (χ1n) is 14.0. The van der Waals surface area contributed by atoms with Crippen LogP contribution in [0.2, 0.25) is 0 Å². The number of aromatic nitrogens is 4. The van der Waals surface area contributed by atoms with Gasteiger partial charge in [0.15, 0.2) is 11.5 Å². The highest BCUT2D eigenvalue weighted by Gasteiger charge is 2.35. The first-order chi connectivity index (χ1) is 20.7. The van der Waals surface area contributed by atoms with Crippen LogP contribution in [0.1, 0.15) is 20.8 Å². The molecule has 3 N–H and O–H groups in total. The van der Waals surface area contributed by atoms with Crippen LogP contribution in [0.4, 0.5) is 5.82 Å². The molecule has 1 fully saturated rings. The highest BCUT2D eigenvalue weighted by atomic mass is 16.5. The second kappa shape index (κ2) is 12.5. The molecule has 12 nitrogen and oxygen atoms in total. The van der Waals surface area contributed by atoms with E-state index >= 15 is 0 Å². The predicted octanol–water partition coefficient (Wildman–Crippen LogP) is 3.02. The highest BCUT2D eigenvalue weighted by Crippen LogP contribution is 2.26. The number of nitrogens with one attached hydrogen (secondary N) is 1. The number of nitriles is 1. The van der Waals surface area contributed by atoms with Gasteiger partial charge in [-0.1, -0.05) is 25.1 Å². The molecule has 1 saturated heterocycles. The molecule has 1 aliphatic heterocycles. The van der Waals surface area contributed by atoms with Gasteiger partial charge in [-0.05, 0) is 62.9 Å². The minimum absolute atomic E-state index is 0.00264. The number of para-hydroxylation sites is 1. The molecule has 43 heavy (non-hydrogen) atoms. The zero-order valence-electron chi connectivity index (χ0n) is 24.4. The zero-order valence-corrected chi connectivity index (χ0v) is 24.4. The lowest BCUT2D eigenvalue weighted by molar-refractivity contribution is -0.117. The van der Waals surface area contributed by atoms with Crippen molar-refractivity contribution in [3.8, 4) is 23.3 Å². The lowest BCUT2D eigenvalue weighted by atomic mass is 9.95. The molecule has 0 bridgehead atoms. The van der Waals surface area contributed by atoms with Gasteiger partial charge in [-0.2, -0.15) is 5.26 Å². The first kappa shape index (κ1) is 29.5. The summed E-state index contributed by atoms with van der Waals surface area (Å²) in [6.07, 6.45) is 2.97. The largest absolute Gasteiger partial charge is 0.457 e. The van der Waals surface area contributed by atoms with Crippen LogP contribution in [-0.2, 0) is 16.1 Å². The van der Waals surface area contributed by atoms with Crippen LogP contribution in [0.15, 0.2) is 77.4 Å². The Morgan fingerprint density at radius 3 is 2.51 bits per heavy atom. The van der Waals surface area contributed by atoms with Gasteiger partial charge in [0.1, 0.15) is 35.0 Å². The van der Waals surface area contributed by atoms with Crippen LogP contribution < -0.4 is 21.5 Å². The molecule has 0 saturated carbocycles. The fourth-order valence-corrected chi connectivity index (χ4v) is 5.33. The standard InChI is InChI=1S/C31H34N8O4/c1-4-38(23-18-42-19-23)31(2,3)16-21(17-32)29(40)34-14-15-37-28-26(27(33)35-20-36-28)39(30(37)41)22-10-12-25(13-11-22)43-24-8-6-5-7-9-24/h5-13,16,20,23H,4,14-15,18-19H2,1-3H3,(H,34,40)(H2,33,35,36). The van der Waals surface area contributed by atoms with Crippen molar-refractivity contribution < 1.29 is 14.3 Å². The van der Waals surface area contributed by atoms with Gasteiger partial charge in [-0.3, -0.25) is 18.8 Å². The molecule has 0 atom stereocenters. The normalized spacial score (nSPS) is 14.0. The van der Waals surface area contributed by atoms with Gasteiger partial charge >= 0.3 is 5.69 Å². The zero-order chi connectivity index (χ0) is 30.6. The van der Waals surface area contributed by atoms with E-state index in [0.717, 1.165) is 6.54 Å². The minimum atomic E-state index is -0.536. The number of fused-ring (bicyclic) bond motifs is 1. The van der Waals surface area contributed by atoms with Gasteiger partial charge in [0.2, 0.25) is 0 Å². The number of rotatable bonds is 11. The molecule has 0 spiro atoms. The second-order valence-electron chi connectivity index (χ2n) is 10.7. The average Bonchev–Trinajstić information content (AvgIpc) is 3.26. The van der Waals surface area contributed by atoms with Gasteiger partial charge in [0, 0.05) is 18.6 Å². The summed E-state index contributed by atoms with van der Waals surface area (Å²) >= 11 is 0. The number of carbonyl (C=O) groups is 1. The molecular formula is C31H34N8O4. The van der Waals surface area contributed by atoms with Crippen LogP contribution in [0.3, 0.4) is 0 Å². The van der Waals surface area contributed by atoms with Crippen molar-refractivity contribution in [2.24, 2.45) is 0 Å². The number of likely N-dealkylation sites (N-methyl/N-ethyl adjacent to an activating group) is 1. The quantitative estimate of drug-likeness (QED) is 0.201. The van der Waals surface area contributed by atoms with Gasteiger partial charge in [0.25, 0.3) is 5.91 Å². The number of carbonyl (C=O) groups excluding carboxylic acids is 1. The Labute approximate surface area is 249 Å². The minimum Gasteiger partial charge on any atom is -0.457 e. The maximum atomic E-state index is 13.7. The predicted molar refractivity (Wildman–Crippen MR) is 162 cm³/mol. The van der Waals surface area contributed by atoms with Gasteiger partial charge in [-0.25, -0.2) is 14.8 Å². The van der Waals surface area contributed by atoms with Crippen molar-refractivity contribution >= 4 is 22.9 Å². The summed E-state index contributed by atoms with van der Waals surface area (Å²) in [5.41, 5.74) is 6.50. The van der Waals surface area contributed by atoms with Crippen molar-refractivity contribution in [2.45, 2.75) is 38.9 Å². The molecule has 2 aromatic heterocycles. The van der Waals surface area contributed by atoms with E-state index in [-0.39, 0.29) is 30.5 Å². The molecule has 0 radical (unpaired) electrons. The average molecular weight is 583 g/mol. The van der Waals surface area contributed by atoms with E-state index in [1.165, 1.54) is 15.5 Å². The van der Waals surface area contributed by atoms with Crippen LogP contribution in [0.25, 0.3) is 16.9 Å². The maximum Gasteiger partial charge on any atom is 0.335 e. The van der Waals surface area contributed by atoms with E-state index in [1.54, 1.807) is 30.3 Å². The van der Waals surface area contributed by atoms with E-state index in [4.69, 9.17) is 15.2 Å². The third kappa shape index (κ3) is 6.13. The van der Waals surface area contributed by atoms with Crippen molar-refractivity contribution in [3.05, 3.63) is 83.1 Å². The number of anilines is 1. The van der Waals surface area contributed by atoms with Gasteiger partial charge < -0.3 is 20.5 Å². The Kier molecular flexibility index (Phi) is 8.56. The van der Waals surface area contributed by atoms with Crippen LogP contribution in [-0.4, -0.2) is 67.8 Å². The molecule has 0 unspecified atom stereocenters. The summed E-state index contributed by atoms with van der Waals surface area (Å²) in [6.45, 7) is 8.16. The third-order valence-electron chi connectivity index (χ3n) is 7.43. The Morgan fingerprint density at radius 2 is 1.88 bits per heavy atom. The number of hydrogen-bond acceptors (Lipinski definition) is 9. The second-order valence-corrected chi connectivity index (χ2v) is 10.7. The molecule has 0 aliphatic carbocycles. The summed E-state index contributed by atoms with van der Waals surface area (Å²) in [7, 11) is 0. The topological polar surface area (TPSA) is 153 Å². The van der Waals surface area contributed by atoms with E-state index in [0.29, 0.717) is 41.6 Å². The number of hydrogen-bond donors (Lipinski definition) is 2. The summed E-state index contributed by atoms with van der Waals surface area (Å²) in [5, 5.41) is 12.5.